The number of aromatic carboxylic acids is 1. The predicted molar refractivity (Wildman–Crippen MR) is 41.6 cm³/mol. The topological polar surface area (TPSA) is 116 Å². The zero-order valence-corrected chi connectivity index (χ0v) is 6.51. The molecular formula is C5H5ClN4O2. The molecule has 0 aliphatic rings. The van der Waals surface area contributed by atoms with Crippen molar-refractivity contribution in [2.45, 2.75) is 0 Å². The third-order valence-electron chi connectivity index (χ3n) is 1.19. The van der Waals surface area contributed by atoms with Gasteiger partial charge in [0, 0.05) is 0 Å². The molecule has 0 radical (unpaired) electrons. The summed E-state index contributed by atoms with van der Waals surface area (Å²) in [5.74, 6) is -1.70. The maximum Gasteiger partial charge on any atom is 0.357 e. The Morgan fingerprint density at radius 2 is 2.33 bits per heavy atom. The number of aromatic amines is 1. The second-order valence-electron chi connectivity index (χ2n) is 1.98. The van der Waals surface area contributed by atoms with E-state index in [-0.39, 0.29) is 16.4 Å². The largest absolute Gasteiger partial charge is 0.476 e. The van der Waals surface area contributed by atoms with Crippen LogP contribution in [-0.4, -0.2) is 27.1 Å². The number of rotatable bonds is 2. The van der Waals surface area contributed by atoms with Crippen LogP contribution in [-0.2, 0) is 0 Å². The van der Waals surface area contributed by atoms with Gasteiger partial charge in [0.2, 0.25) is 0 Å². The lowest BCUT2D eigenvalue weighted by atomic mass is 10.2. The summed E-state index contributed by atoms with van der Waals surface area (Å²) in [6.07, 6.45) is 0. The van der Waals surface area contributed by atoms with E-state index in [1.54, 1.807) is 0 Å². The molecule has 1 rings (SSSR count). The molecule has 1 aromatic rings. The number of carbonyl (C=O) groups is 1. The molecule has 0 atom stereocenters. The minimum absolute atomic E-state index is 0.0418. The third kappa shape index (κ3) is 1.24. The smallest absolute Gasteiger partial charge is 0.357 e. The summed E-state index contributed by atoms with van der Waals surface area (Å²) in [4.78, 5) is 10.4. The van der Waals surface area contributed by atoms with Gasteiger partial charge in [-0.05, 0) is 0 Å². The van der Waals surface area contributed by atoms with Gasteiger partial charge >= 0.3 is 5.97 Å². The molecule has 0 spiro atoms. The van der Waals surface area contributed by atoms with Crippen molar-refractivity contribution in [2.75, 3.05) is 0 Å². The highest BCUT2D eigenvalue weighted by Crippen LogP contribution is 2.15. The van der Waals surface area contributed by atoms with Crippen molar-refractivity contribution in [3.63, 3.8) is 0 Å². The first-order chi connectivity index (χ1) is 5.54. The molecule has 0 unspecified atom stereocenters. The quantitative estimate of drug-likeness (QED) is 0.387. The van der Waals surface area contributed by atoms with Gasteiger partial charge in [0.15, 0.2) is 5.69 Å². The van der Waals surface area contributed by atoms with E-state index in [2.05, 4.69) is 10.2 Å². The van der Waals surface area contributed by atoms with Gasteiger partial charge in [-0.3, -0.25) is 10.5 Å². The van der Waals surface area contributed by atoms with Gasteiger partial charge in [-0.1, -0.05) is 11.6 Å². The Morgan fingerprint density at radius 3 is 2.67 bits per heavy atom. The molecule has 0 aliphatic carbocycles. The molecular weight excluding hydrogens is 184 g/mol. The van der Waals surface area contributed by atoms with Gasteiger partial charge in [0.05, 0.1) is 5.56 Å². The molecule has 0 saturated heterocycles. The highest BCUT2D eigenvalue weighted by atomic mass is 35.5. The predicted octanol–water partition coefficient (Wildman–Crippen LogP) is 0.0454. The Kier molecular flexibility index (Phi) is 2.01. The van der Waals surface area contributed by atoms with Crippen molar-refractivity contribution in [2.24, 2.45) is 5.73 Å². The Morgan fingerprint density at radius 1 is 1.75 bits per heavy atom. The maximum atomic E-state index is 10.4. The van der Waals surface area contributed by atoms with Crippen molar-refractivity contribution in [1.29, 1.82) is 5.41 Å². The molecule has 64 valence electrons. The molecule has 0 aliphatic heterocycles. The molecule has 0 bridgehead atoms. The van der Waals surface area contributed by atoms with Crippen molar-refractivity contribution in [3.8, 4) is 0 Å². The zero-order valence-electron chi connectivity index (χ0n) is 5.76. The van der Waals surface area contributed by atoms with E-state index in [4.69, 9.17) is 27.9 Å². The van der Waals surface area contributed by atoms with E-state index in [0.29, 0.717) is 0 Å². The van der Waals surface area contributed by atoms with Crippen LogP contribution >= 0.6 is 11.6 Å². The summed E-state index contributed by atoms with van der Waals surface area (Å²) in [5, 5.41) is 21.1. The fraction of sp³-hybridized carbons (Fsp3) is 0. The minimum Gasteiger partial charge on any atom is -0.476 e. The van der Waals surface area contributed by atoms with Crippen LogP contribution in [0.15, 0.2) is 0 Å². The number of hydrogen-bond acceptors (Lipinski definition) is 3. The number of halogens is 1. The molecule has 5 N–H and O–H groups in total. The standard InChI is InChI=1S/C5H5ClN4O2/c6-3-1(4(7)8)2(5(11)12)9-10-3/h(H3,7,8)(H,9,10)(H,11,12). The first-order valence-electron chi connectivity index (χ1n) is 2.85. The monoisotopic (exact) mass is 188 g/mol. The molecule has 0 saturated carbocycles. The fourth-order valence-corrected chi connectivity index (χ4v) is 0.955. The molecule has 0 fully saturated rings. The Labute approximate surface area is 71.8 Å². The van der Waals surface area contributed by atoms with Crippen LogP contribution in [0.4, 0.5) is 0 Å². The van der Waals surface area contributed by atoms with E-state index in [1.165, 1.54) is 0 Å². The number of nitrogens with one attached hydrogen (secondary N) is 2. The van der Waals surface area contributed by atoms with Crippen LogP contribution < -0.4 is 5.73 Å². The summed E-state index contributed by atoms with van der Waals surface area (Å²) in [5.41, 5.74) is 4.65. The number of hydrogen-bond donors (Lipinski definition) is 4. The number of aromatic nitrogens is 2. The first-order valence-corrected chi connectivity index (χ1v) is 3.23. The summed E-state index contributed by atoms with van der Waals surface area (Å²) in [6.45, 7) is 0. The summed E-state index contributed by atoms with van der Waals surface area (Å²) >= 11 is 5.48. The van der Waals surface area contributed by atoms with Crippen molar-refractivity contribution < 1.29 is 9.90 Å². The highest BCUT2D eigenvalue weighted by Gasteiger charge is 2.19. The number of carboxylic acid groups (broad SMARTS) is 1. The van der Waals surface area contributed by atoms with E-state index in [1.807, 2.05) is 0 Å². The normalized spacial score (nSPS) is 9.75. The summed E-state index contributed by atoms with van der Waals surface area (Å²) in [6, 6.07) is 0. The molecule has 1 aromatic heterocycles. The van der Waals surface area contributed by atoms with Crippen molar-refractivity contribution >= 4 is 23.4 Å². The molecule has 7 heteroatoms. The number of nitrogen functional groups attached to an aromatic ring is 1. The van der Waals surface area contributed by atoms with Crippen molar-refractivity contribution in [3.05, 3.63) is 16.4 Å². The third-order valence-corrected chi connectivity index (χ3v) is 1.47. The number of carboxylic acids is 1. The van der Waals surface area contributed by atoms with E-state index < -0.39 is 11.8 Å². The average Bonchev–Trinajstić information content (AvgIpc) is 2.30. The Hall–Kier alpha value is -1.56. The van der Waals surface area contributed by atoms with Crippen LogP contribution in [0.3, 0.4) is 0 Å². The van der Waals surface area contributed by atoms with Crippen LogP contribution in [0.1, 0.15) is 16.1 Å². The minimum atomic E-state index is -1.27. The fourth-order valence-electron chi connectivity index (χ4n) is 0.721. The summed E-state index contributed by atoms with van der Waals surface area (Å²) < 4.78 is 0. The SMILES string of the molecule is N=C(N)c1c(C(=O)O)n[nH]c1Cl. The van der Waals surface area contributed by atoms with Gasteiger partial charge < -0.3 is 10.8 Å². The molecule has 1 heterocycles. The van der Waals surface area contributed by atoms with Gasteiger partial charge in [-0.2, -0.15) is 5.10 Å². The van der Waals surface area contributed by atoms with Gasteiger partial charge in [-0.15, -0.1) is 0 Å². The highest BCUT2D eigenvalue weighted by molar-refractivity contribution is 6.33. The number of amidine groups is 1. The van der Waals surface area contributed by atoms with Gasteiger partial charge in [-0.25, -0.2) is 4.79 Å². The lowest BCUT2D eigenvalue weighted by molar-refractivity contribution is 0.0690. The lowest BCUT2D eigenvalue weighted by Gasteiger charge is -1.94. The Balaban J connectivity index is 3.31. The average molecular weight is 189 g/mol. The number of nitrogens with zero attached hydrogens (tertiary/aromatic N) is 1. The molecule has 12 heavy (non-hydrogen) atoms. The maximum absolute atomic E-state index is 10.4. The molecule has 0 aromatic carbocycles. The lowest BCUT2D eigenvalue weighted by Crippen LogP contribution is -2.15. The van der Waals surface area contributed by atoms with Crippen LogP contribution in [0.5, 0.6) is 0 Å². The van der Waals surface area contributed by atoms with Gasteiger partial charge in [0.1, 0.15) is 11.0 Å². The number of nitrogens with two attached hydrogens (primary N) is 1. The first kappa shape index (κ1) is 8.54. The van der Waals surface area contributed by atoms with E-state index in [9.17, 15) is 4.79 Å². The van der Waals surface area contributed by atoms with Gasteiger partial charge in [0.25, 0.3) is 0 Å². The number of H-pyrrole nitrogens is 1. The second-order valence-corrected chi connectivity index (χ2v) is 2.36. The molecule has 6 nitrogen and oxygen atoms in total. The van der Waals surface area contributed by atoms with Crippen LogP contribution in [0, 0.1) is 5.41 Å². The van der Waals surface area contributed by atoms with Crippen LogP contribution in [0.2, 0.25) is 5.15 Å². The second kappa shape index (κ2) is 2.82. The van der Waals surface area contributed by atoms with Crippen LogP contribution in [0.25, 0.3) is 0 Å². The van der Waals surface area contributed by atoms with E-state index in [0.717, 1.165) is 0 Å². The van der Waals surface area contributed by atoms with Crippen molar-refractivity contribution in [1.82, 2.24) is 10.2 Å². The molecule has 0 amide bonds. The summed E-state index contributed by atoms with van der Waals surface area (Å²) in [7, 11) is 0. The zero-order chi connectivity index (χ0) is 9.30. The van der Waals surface area contributed by atoms with E-state index >= 15 is 0 Å². The Bertz CT molecular complexity index is 345.